The Morgan fingerprint density at radius 1 is 0.950 bits per heavy atom. The van der Waals surface area contributed by atoms with E-state index in [-0.39, 0.29) is 16.4 Å². The standard InChI is InChI=1S/C15H12BrF3O/c16-14(9-10-1-5-12(17)6-2-10)11-3-7-13(8-4-11)20-15(18)19/h1-8,14-15H,9H2. The lowest BCUT2D eigenvalue weighted by Crippen LogP contribution is -2.02. The summed E-state index contributed by atoms with van der Waals surface area (Å²) in [6.07, 6.45) is 0.676. The molecule has 106 valence electrons. The number of rotatable bonds is 5. The largest absolute Gasteiger partial charge is 0.435 e. The van der Waals surface area contributed by atoms with Crippen molar-refractivity contribution < 1.29 is 17.9 Å². The van der Waals surface area contributed by atoms with E-state index in [1.165, 1.54) is 24.3 Å². The van der Waals surface area contributed by atoms with Crippen molar-refractivity contribution in [1.29, 1.82) is 0 Å². The quantitative estimate of drug-likeness (QED) is 0.685. The molecule has 20 heavy (non-hydrogen) atoms. The average molecular weight is 345 g/mol. The van der Waals surface area contributed by atoms with Gasteiger partial charge in [-0.1, -0.05) is 40.2 Å². The second kappa shape index (κ2) is 6.79. The molecule has 2 rings (SSSR count). The molecule has 0 saturated heterocycles. The Morgan fingerprint density at radius 3 is 2.10 bits per heavy atom. The average Bonchev–Trinajstić information content (AvgIpc) is 2.41. The van der Waals surface area contributed by atoms with Crippen molar-refractivity contribution in [3.05, 3.63) is 65.5 Å². The van der Waals surface area contributed by atoms with E-state index in [0.717, 1.165) is 11.1 Å². The van der Waals surface area contributed by atoms with Crippen molar-refractivity contribution in [2.24, 2.45) is 0 Å². The smallest absolute Gasteiger partial charge is 0.387 e. The van der Waals surface area contributed by atoms with Gasteiger partial charge in [-0.05, 0) is 41.8 Å². The summed E-state index contributed by atoms with van der Waals surface area (Å²) in [5, 5.41) is 0. The van der Waals surface area contributed by atoms with Gasteiger partial charge >= 0.3 is 6.61 Å². The fraction of sp³-hybridized carbons (Fsp3) is 0.200. The SMILES string of the molecule is Fc1ccc(CC(Br)c2ccc(OC(F)F)cc2)cc1. The van der Waals surface area contributed by atoms with E-state index in [2.05, 4.69) is 20.7 Å². The third-order valence-electron chi connectivity index (χ3n) is 2.80. The van der Waals surface area contributed by atoms with Crippen molar-refractivity contribution in [1.82, 2.24) is 0 Å². The highest BCUT2D eigenvalue weighted by atomic mass is 79.9. The van der Waals surface area contributed by atoms with Gasteiger partial charge in [0.15, 0.2) is 0 Å². The molecule has 0 radical (unpaired) electrons. The lowest BCUT2D eigenvalue weighted by atomic mass is 10.0. The van der Waals surface area contributed by atoms with E-state index in [9.17, 15) is 13.2 Å². The van der Waals surface area contributed by atoms with E-state index in [1.54, 1.807) is 24.3 Å². The minimum Gasteiger partial charge on any atom is -0.435 e. The Labute approximate surface area is 123 Å². The van der Waals surface area contributed by atoms with Crippen molar-refractivity contribution >= 4 is 15.9 Å². The third-order valence-corrected chi connectivity index (χ3v) is 3.65. The monoisotopic (exact) mass is 344 g/mol. The van der Waals surface area contributed by atoms with Crippen molar-refractivity contribution in [2.75, 3.05) is 0 Å². The summed E-state index contributed by atoms with van der Waals surface area (Å²) in [5.74, 6) is -0.140. The zero-order valence-electron chi connectivity index (χ0n) is 10.4. The summed E-state index contributed by atoms with van der Waals surface area (Å²) in [6, 6.07) is 12.7. The van der Waals surface area contributed by atoms with E-state index >= 15 is 0 Å². The molecule has 2 aromatic carbocycles. The van der Waals surface area contributed by atoms with Crippen LogP contribution in [0.15, 0.2) is 48.5 Å². The molecule has 0 N–H and O–H groups in total. The molecule has 0 amide bonds. The molecule has 1 nitrogen and oxygen atoms in total. The van der Waals surface area contributed by atoms with Gasteiger partial charge in [-0.15, -0.1) is 0 Å². The van der Waals surface area contributed by atoms with Crippen LogP contribution in [0, 0.1) is 5.82 Å². The van der Waals surface area contributed by atoms with E-state index in [1.807, 2.05) is 0 Å². The first-order chi connectivity index (χ1) is 9.54. The van der Waals surface area contributed by atoms with Crippen LogP contribution in [0.5, 0.6) is 5.75 Å². The minimum atomic E-state index is -2.82. The Bertz CT molecular complexity index is 540. The summed E-state index contributed by atoms with van der Waals surface area (Å²) in [6.45, 7) is -2.82. The van der Waals surface area contributed by atoms with Gasteiger partial charge in [0.1, 0.15) is 11.6 Å². The fourth-order valence-electron chi connectivity index (χ4n) is 1.80. The maximum atomic E-state index is 12.8. The zero-order chi connectivity index (χ0) is 14.5. The first-order valence-electron chi connectivity index (χ1n) is 5.98. The predicted octanol–water partition coefficient (Wildman–Crippen LogP) is 5.11. The van der Waals surface area contributed by atoms with Crippen LogP contribution in [0.4, 0.5) is 13.2 Å². The molecule has 0 aromatic heterocycles. The van der Waals surface area contributed by atoms with E-state index in [4.69, 9.17) is 0 Å². The van der Waals surface area contributed by atoms with E-state index < -0.39 is 6.61 Å². The van der Waals surface area contributed by atoms with Gasteiger partial charge in [-0.25, -0.2) is 4.39 Å². The fourth-order valence-corrected chi connectivity index (χ4v) is 2.48. The second-order valence-corrected chi connectivity index (χ2v) is 5.35. The third kappa shape index (κ3) is 4.27. The molecule has 0 aliphatic rings. The number of halogens is 4. The minimum absolute atomic E-state index is 0.0218. The lowest BCUT2D eigenvalue weighted by molar-refractivity contribution is -0.0498. The number of hydrogen-bond acceptors (Lipinski definition) is 1. The highest BCUT2D eigenvalue weighted by molar-refractivity contribution is 9.09. The number of ether oxygens (including phenoxy) is 1. The molecule has 0 aliphatic heterocycles. The first-order valence-corrected chi connectivity index (χ1v) is 6.89. The zero-order valence-corrected chi connectivity index (χ0v) is 12.0. The van der Waals surface area contributed by atoms with Gasteiger partial charge in [0.2, 0.25) is 0 Å². The normalized spacial score (nSPS) is 12.4. The van der Waals surface area contributed by atoms with Crippen LogP contribution in [-0.4, -0.2) is 6.61 Å². The molecule has 0 aliphatic carbocycles. The Balaban J connectivity index is 2.01. The Morgan fingerprint density at radius 2 is 1.55 bits per heavy atom. The van der Waals surface area contributed by atoms with Gasteiger partial charge in [0.05, 0.1) is 0 Å². The van der Waals surface area contributed by atoms with Crippen molar-refractivity contribution in [3.63, 3.8) is 0 Å². The molecule has 0 spiro atoms. The van der Waals surface area contributed by atoms with Gasteiger partial charge in [0.25, 0.3) is 0 Å². The van der Waals surface area contributed by atoms with Crippen LogP contribution >= 0.6 is 15.9 Å². The second-order valence-electron chi connectivity index (χ2n) is 4.25. The predicted molar refractivity (Wildman–Crippen MR) is 74.8 cm³/mol. The van der Waals surface area contributed by atoms with Crippen molar-refractivity contribution in [2.45, 2.75) is 17.9 Å². The maximum Gasteiger partial charge on any atom is 0.387 e. The molecule has 1 unspecified atom stereocenters. The first kappa shape index (κ1) is 14.9. The molecule has 0 fully saturated rings. The van der Waals surface area contributed by atoms with Crippen LogP contribution in [-0.2, 0) is 6.42 Å². The summed E-state index contributed by atoms with van der Waals surface area (Å²) < 4.78 is 41.2. The van der Waals surface area contributed by atoms with Crippen molar-refractivity contribution in [3.8, 4) is 5.75 Å². The Hall–Kier alpha value is -1.49. The topological polar surface area (TPSA) is 9.23 Å². The molecule has 0 saturated carbocycles. The molecule has 5 heteroatoms. The molecule has 2 aromatic rings. The van der Waals surface area contributed by atoms with E-state index in [0.29, 0.717) is 6.42 Å². The van der Waals surface area contributed by atoms with Crippen LogP contribution < -0.4 is 4.74 Å². The van der Waals surface area contributed by atoms with Gasteiger partial charge in [-0.3, -0.25) is 0 Å². The van der Waals surface area contributed by atoms with Gasteiger partial charge in [0, 0.05) is 4.83 Å². The summed E-state index contributed by atoms with van der Waals surface area (Å²) >= 11 is 3.53. The molecule has 0 heterocycles. The summed E-state index contributed by atoms with van der Waals surface area (Å²) in [7, 11) is 0. The molecule has 1 atom stereocenters. The molecular formula is C15H12BrF3O. The van der Waals surface area contributed by atoms with Gasteiger partial charge in [-0.2, -0.15) is 8.78 Å². The highest BCUT2D eigenvalue weighted by Crippen LogP contribution is 2.28. The highest BCUT2D eigenvalue weighted by Gasteiger charge is 2.10. The summed E-state index contributed by atoms with van der Waals surface area (Å²) in [4.78, 5) is 0.0218. The van der Waals surface area contributed by atoms with Gasteiger partial charge < -0.3 is 4.74 Å². The van der Waals surface area contributed by atoms with Crippen LogP contribution in [0.2, 0.25) is 0 Å². The van der Waals surface area contributed by atoms with Crippen LogP contribution in [0.3, 0.4) is 0 Å². The number of benzene rings is 2. The lowest BCUT2D eigenvalue weighted by Gasteiger charge is -2.11. The number of hydrogen-bond donors (Lipinski definition) is 0. The molecular weight excluding hydrogens is 333 g/mol. The number of alkyl halides is 3. The maximum absolute atomic E-state index is 12.8. The molecule has 0 bridgehead atoms. The Kier molecular flexibility index (Phi) is 5.06. The van der Waals surface area contributed by atoms with Crippen LogP contribution in [0.1, 0.15) is 16.0 Å². The summed E-state index contributed by atoms with van der Waals surface area (Å²) in [5.41, 5.74) is 1.93. The van der Waals surface area contributed by atoms with Crippen LogP contribution in [0.25, 0.3) is 0 Å².